The molecule has 2 aromatic rings. The summed E-state index contributed by atoms with van der Waals surface area (Å²) in [6.07, 6.45) is 3.95. The second-order valence-electron chi connectivity index (χ2n) is 7.63. The van der Waals surface area contributed by atoms with E-state index in [1.165, 1.54) is 5.39 Å². The van der Waals surface area contributed by atoms with Crippen LogP contribution < -0.4 is 0 Å². The lowest BCUT2D eigenvalue weighted by Crippen LogP contribution is -2.30. The van der Waals surface area contributed by atoms with Crippen molar-refractivity contribution in [2.24, 2.45) is 5.92 Å². The highest BCUT2D eigenvalue weighted by Gasteiger charge is 2.27. The average Bonchev–Trinajstić information content (AvgIpc) is 3.25. The second kappa shape index (κ2) is 10.6. The van der Waals surface area contributed by atoms with Gasteiger partial charge in [0.25, 0.3) is 0 Å². The van der Waals surface area contributed by atoms with Gasteiger partial charge in [0.2, 0.25) is 0 Å². The smallest absolute Gasteiger partial charge is 0.309 e. The molecule has 4 heteroatoms. The first kappa shape index (κ1) is 20.8. The molecule has 0 aromatic heterocycles. The highest BCUT2D eigenvalue weighted by Crippen LogP contribution is 2.25. The van der Waals surface area contributed by atoms with E-state index >= 15 is 0 Å². The lowest BCUT2D eigenvalue weighted by molar-refractivity contribution is -0.151. The normalized spacial score (nSPS) is 17.9. The summed E-state index contributed by atoms with van der Waals surface area (Å²) < 4.78 is 11.6. The van der Waals surface area contributed by atoms with Crippen molar-refractivity contribution in [3.8, 4) is 0 Å². The third kappa shape index (κ3) is 5.55. The number of carbonyl (C=O) groups excluding carboxylic acids is 1. The maximum Gasteiger partial charge on any atom is 0.309 e. The molecule has 1 fully saturated rings. The van der Waals surface area contributed by atoms with Gasteiger partial charge in [0.1, 0.15) is 6.61 Å². The number of hydrogen-bond acceptors (Lipinski definition) is 4. The van der Waals surface area contributed by atoms with E-state index in [2.05, 4.69) is 36.9 Å². The molecule has 28 heavy (non-hydrogen) atoms. The molecule has 0 radical (unpaired) electrons. The van der Waals surface area contributed by atoms with Crippen molar-refractivity contribution in [2.75, 3.05) is 26.2 Å². The molecule has 0 spiro atoms. The van der Waals surface area contributed by atoms with Gasteiger partial charge in [0, 0.05) is 6.61 Å². The summed E-state index contributed by atoms with van der Waals surface area (Å²) in [6.45, 7) is 8.41. The summed E-state index contributed by atoms with van der Waals surface area (Å²) in [5, 5.41) is 2.32. The van der Waals surface area contributed by atoms with Crippen molar-refractivity contribution in [3.05, 3.63) is 48.0 Å². The molecular formula is C24H33NO3. The molecule has 2 atom stereocenters. The Labute approximate surface area is 168 Å². The van der Waals surface area contributed by atoms with Gasteiger partial charge < -0.3 is 14.4 Å². The number of benzene rings is 2. The van der Waals surface area contributed by atoms with Crippen LogP contribution in [0.4, 0.5) is 0 Å². The van der Waals surface area contributed by atoms with Crippen molar-refractivity contribution in [1.29, 1.82) is 0 Å². The van der Waals surface area contributed by atoms with Gasteiger partial charge in [-0.05, 0) is 61.7 Å². The third-order valence-corrected chi connectivity index (χ3v) is 5.84. The number of fused-ring (bicyclic) bond motifs is 1. The van der Waals surface area contributed by atoms with Crippen LogP contribution in [0.1, 0.15) is 45.1 Å². The van der Waals surface area contributed by atoms with E-state index in [1.54, 1.807) is 0 Å². The van der Waals surface area contributed by atoms with E-state index in [1.807, 2.05) is 24.3 Å². The maximum absolute atomic E-state index is 12.9. The van der Waals surface area contributed by atoms with E-state index in [0.717, 1.165) is 62.9 Å². The van der Waals surface area contributed by atoms with Gasteiger partial charge in [-0.15, -0.1) is 0 Å². The van der Waals surface area contributed by atoms with Crippen LogP contribution in [0.25, 0.3) is 10.8 Å². The SMILES string of the molecule is CCN(CC)CCC(C[C@H]1CCCO1)C(=O)OCc1cccc2ccccc12. The van der Waals surface area contributed by atoms with Crippen LogP contribution in [0.15, 0.2) is 42.5 Å². The first-order valence-corrected chi connectivity index (χ1v) is 10.7. The zero-order valence-electron chi connectivity index (χ0n) is 17.2. The average molecular weight is 384 g/mol. The number of esters is 1. The number of ether oxygens (including phenoxy) is 2. The molecule has 0 amide bonds. The predicted molar refractivity (Wildman–Crippen MR) is 113 cm³/mol. The van der Waals surface area contributed by atoms with Gasteiger partial charge in [0.15, 0.2) is 0 Å². The van der Waals surface area contributed by atoms with Crippen LogP contribution in [0.5, 0.6) is 0 Å². The Kier molecular flexibility index (Phi) is 7.87. The highest BCUT2D eigenvalue weighted by molar-refractivity contribution is 5.85. The molecule has 1 aliphatic heterocycles. The second-order valence-corrected chi connectivity index (χ2v) is 7.63. The monoisotopic (exact) mass is 383 g/mol. The van der Waals surface area contributed by atoms with Crippen LogP contribution >= 0.6 is 0 Å². The van der Waals surface area contributed by atoms with Gasteiger partial charge in [-0.2, -0.15) is 0 Å². The molecule has 0 aliphatic carbocycles. The van der Waals surface area contributed by atoms with E-state index in [9.17, 15) is 4.79 Å². The van der Waals surface area contributed by atoms with Crippen LogP contribution in [0.2, 0.25) is 0 Å². The Morgan fingerprint density at radius 3 is 2.71 bits per heavy atom. The Bertz CT molecular complexity index is 745. The molecule has 1 unspecified atom stereocenters. The van der Waals surface area contributed by atoms with Gasteiger partial charge in [-0.25, -0.2) is 0 Å². The summed E-state index contributed by atoms with van der Waals surface area (Å²) >= 11 is 0. The Morgan fingerprint density at radius 1 is 1.18 bits per heavy atom. The quantitative estimate of drug-likeness (QED) is 0.553. The lowest BCUT2D eigenvalue weighted by Gasteiger charge is -2.23. The van der Waals surface area contributed by atoms with Crippen molar-refractivity contribution < 1.29 is 14.3 Å². The fourth-order valence-corrected chi connectivity index (χ4v) is 4.04. The number of carbonyl (C=O) groups is 1. The predicted octanol–water partition coefficient (Wildman–Crippen LogP) is 4.80. The summed E-state index contributed by atoms with van der Waals surface area (Å²) in [5.41, 5.74) is 1.06. The maximum atomic E-state index is 12.9. The van der Waals surface area contributed by atoms with Crippen molar-refractivity contribution >= 4 is 16.7 Å². The van der Waals surface area contributed by atoms with Crippen LogP contribution in [-0.2, 0) is 20.9 Å². The summed E-state index contributed by atoms with van der Waals surface area (Å²) in [7, 11) is 0. The molecule has 1 aliphatic rings. The standard InChI is InChI=1S/C24H33NO3/c1-3-25(4-2)15-14-20(17-22-12-8-16-27-22)24(26)28-18-21-11-7-10-19-9-5-6-13-23(19)21/h5-7,9-11,13,20,22H,3-4,8,12,14-18H2,1-2H3/t20?,22-/m1/s1. The summed E-state index contributed by atoms with van der Waals surface area (Å²) in [6, 6.07) is 14.4. The van der Waals surface area contributed by atoms with E-state index < -0.39 is 0 Å². The van der Waals surface area contributed by atoms with Crippen LogP contribution in [-0.4, -0.2) is 43.2 Å². The fraction of sp³-hybridized carbons (Fsp3) is 0.542. The topological polar surface area (TPSA) is 38.8 Å². The lowest BCUT2D eigenvalue weighted by atomic mass is 9.96. The first-order valence-electron chi connectivity index (χ1n) is 10.7. The zero-order chi connectivity index (χ0) is 19.8. The summed E-state index contributed by atoms with van der Waals surface area (Å²) in [5.74, 6) is -0.186. The van der Waals surface area contributed by atoms with Gasteiger partial charge >= 0.3 is 5.97 Å². The van der Waals surface area contributed by atoms with Crippen molar-refractivity contribution in [1.82, 2.24) is 4.90 Å². The molecule has 2 aromatic carbocycles. The van der Waals surface area contributed by atoms with Gasteiger partial charge in [-0.1, -0.05) is 56.3 Å². The van der Waals surface area contributed by atoms with Crippen LogP contribution in [0, 0.1) is 5.92 Å². The molecule has 3 rings (SSSR count). The Morgan fingerprint density at radius 2 is 1.96 bits per heavy atom. The molecule has 1 saturated heterocycles. The molecule has 1 heterocycles. The summed E-state index contributed by atoms with van der Waals surface area (Å²) in [4.78, 5) is 15.3. The first-order chi connectivity index (χ1) is 13.7. The third-order valence-electron chi connectivity index (χ3n) is 5.84. The van der Waals surface area contributed by atoms with Crippen molar-refractivity contribution in [3.63, 3.8) is 0 Å². The number of nitrogens with zero attached hydrogens (tertiary/aromatic N) is 1. The zero-order valence-corrected chi connectivity index (χ0v) is 17.2. The molecule has 4 nitrogen and oxygen atoms in total. The van der Waals surface area contributed by atoms with E-state index in [-0.39, 0.29) is 18.0 Å². The molecule has 0 saturated carbocycles. The molecule has 152 valence electrons. The van der Waals surface area contributed by atoms with E-state index in [0.29, 0.717) is 6.61 Å². The largest absolute Gasteiger partial charge is 0.461 e. The Hall–Kier alpha value is -1.91. The number of rotatable bonds is 10. The minimum absolute atomic E-state index is 0.0874. The van der Waals surface area contributed by atoms with E-state index in [4.69, 9.17) is 9.47 Å². The molecule has 0 N–H and O–H groups in total. The van der Waals surface area contributed by atoms with Crippen LogP contribution in [0.3, 0.4) is 0 Å². The highest BCUT2D eigenvalue weighted by atomic mass is 16.5. The number of hydrogen-bond donors (Lipinski definition) is 0. The minimum Gasteiger partial charge on any atom is -0.461 e. The van der Waals surface area contributed by atoms with Crippen molar-refractivity contribution in [2.45, 2.75) is 52.2 Å². The Balaban J connectivity index is 1.63. The van der Waals surface area contributed by atoms with Gasteiger partial charge in [0.05, 0.1) is 12.0 Å². The van der Waals surface area contributed by atoms with Gasteiger partial charge in [-0.3, -0.25) is 4.79 Å². The fourth-order valence-electron chi connectivity index (χ4n) is 4.04. The molecular weight excluding hydrogens is 350 g/mol. The minimum atomic E-state index is -0.0984. The molecule has 0 bridgehead atoms.